The number of nitrogens with zero attached hydrogens (tertiary/aromatic N) is 1. The van der Waals surface area contributed by atoms with E-state index in [-0.39, 0.29) is 5.54 Å². The summed E-state index contributed by atoms with van der Waals surface area (Å²) in [6.45, 7) is 4.55. The van der Waals surface area contributed by atoms with E-state index >= 15 is 0 Å². The number of rotatable bonds is 3. The maximum atomic E-state index is 5.73. The lowest BCUT2D eigenvalue weighted by atomic mass is 10.1. The Bertz CT molecular complexity index is 325. The number of hydrogen-bond donors (Lipinski definition) is 1. The van der Waals surface area contributed by atoms with Crippen molar-refractivity contribution >= 4 is 22.9 Å². The third-order valence-corrected chi connectivity index (χ3v) is 2.68. The van der Waals surface area contributed by atoms with Crippen LogP contribution in [0.1, 0.15) is 18.9 Å². The molecule has 0 radical (unpaired) electrons. The van der Waals surface area contributed by atoms with Gasteiger partial charge in [0.2, 0.25) is 0 Å². The Morgan fingerprint density at radius 3 is 2.92 bits per heavy atom. The third-order valence-electron chi connectivity index (χ3n) is 1.57. The molecule has 0 aliphatic rings. The monoisotopic (exact) mass is 214 g/mol. The van der Waals surface area contributed by atoms with Gasteiger partial charge in [0.15, 0.2) is 0 Å². The van der Waals surface area contributed by atoms with Crippen LogP contribution in [0.4, 0.5) is 0 Å². The minimum Gasteiger partial charge on any atom is -0.295 e. The molecule has 1 aromatic rings. The van der Waals surface area contributed by atoms with Crippen LogP contribution in [0, 0.1) is 12.3 Å². The normalized spacial score (nSPS) is 11.2. The van der Waals surface area contributed by atoms with Gasteiger partial charge in [-0.2, -0.15) is 0 Å². The Morgan fingerprint density at radius 1 is 1.77 bits per heavy atom. The van der Waals surface area contributed by atoms with Crippen molar-refractivity contribution in [2.24, 2.45) is 0 Å². The number of hydrogen-bond acceptors (Lipinski definition) is 3. The second-order valence-corrected chi connectivity index (χ2v) is 4.93. The maximum Gasteiger partial charge on any atom is 0.113 e. The molecule has 0 amide bonds. The Kier molecular flexibility index (Phi) is 3.32. The lowest BCUT2D eigenvalue weighted by Gasteiger charge is -2.18. The van der Waals surface area contributed by atoms with Crippen molar-refractivity contribution in [1.82, 2.24) is 10.3 Å². The van der Waals surface area contributed by atoms with E-state index in [1.807, 2.05) is 13.8 Å². The summed E-state index contributed by atoms with van der Waals surface area (Å²) in [7, 11) is 0. The van der Waals surface area contributed by atoms with Crippen molar-refractivity contribution in [3.63, 3.8) is 0 Å². The maximum absolute atomic E-state index is 5.73. The molecule has 0 aromatic carbocycles. The van der Waals surface area contributed by atoms with E-state index in [2.05, 4.69) is 16.2 Å². The minimum atomic E-state index is -0.294. The van der Waals surface area contributed by atoms with Gasteiger partial charge in [-0.25, -0.2) is 4.98 Å². The average molecular weight is 215 g/mol. The first-order valence-corrected chi connectivity index (χ1v) is 5.06. The quantitative estimate of drug-likeness (QED) is 0.782. The van der Waals surface area contributed by atoms with Crippen LogP contribution < -0.4 is 5.32 Å². The minimum absolute atomic E-state index is 0.294. The third kappa shape index (κ3) is 3.35. The van der Waals surface area contributed by atoms with Crippen LogP contribution in [0.15, 0.2) is 6.20 Å². The van der Waals surface area contributed by atoms with Crippen LogP contribution in [-0.4, -0.2) is 10.5 Å². The lowest BCUT2D eigenvalue weighted by molar-refractivity contribution is 0.490. The first kappa shape index (κ1) is 10.5. The Morgan fingerprint density at radius 2 is 2.46 bits per heavy atom. The number of aromatic nitrogens is 1. The topological polar surface area (TPSA) is 24.9 Å². The SMILES string of the molecule is C#CC(C)(C)NCc1ncc(Cl)s1. The van der Waals surface area contributed by atoms with Gasteiger partial charge in [0.1, 0.15) is 9.34 Å². The fourth-order valence-electron chi connectivity index (χ4n) is 0.717. The van der Waals surface area contributed by atoms with E-state index in [0.717, 1.165) is 5.01 Å². The second-order valence-electron chi connectivity index (χ2n) is 3.18. The molecule has 13 heavy (non-hydrogen) atoms. The molecular formula is C9H11ClN2S. The highest BCUT2D eigenvalue weighted by atomic mass is 35.5. The summed E-state index contributed by atoms with van der Waals surface area (Å²) < 4.78 is 0.704. The summed E-state index contributed by atoms with van der Waals surface area (Å²) in [6, 6.07) is 0. The standard InChI is InChI=1S/C9H11ClN2S/c1-4-9(2,3)12-6-8-11-5-7(10)13-8/h1,5,12H,6H2,2-3H3. The molecule has 1 rings (SSSR count). The van der Waals surface area contributed by atoms with E-state index in [9.17, 15) is 0 Å². The van der Waals surface area contributed by atoms with Crippen molar-refractivity contribution in [3.05, 3.63) is 15.5 Å². The highest BCUT2D eigenvalue weighted by molar-refractivity contribution is 7.15. The van der Waals surface area contributed by atoms with Gasteiger partial charge in [-0.05, 0) is 13.8 Å². The molecule has 0 unspecified atom stereocenters. The Labute approximate surface area is 87.3 Å². The zero-order valence-electron chi connectivity index (χ0n) is 7.60. The van der Waals surface area contributed by atoms with Crippen molar-refractivity contribution in [2.45, 2.75) is 25.9 Å². The summed E-state index contributed by atoms with van der Waals surface area (Å²) in [5.74, 6) is 2.65. The van der Waals surface area contributed by atoms with Gasteiger partial charge >= 0.3 is 0 Å². The fourth-order valence-corrected chi connectivity index (χ4v) is 1.61. The molecule has 0 saturated heterocycles. The zero-order valence-corrected chi connectivity index (χ0v) is 9.17. The second kappa shape index (κ2) is 4.10. The zero-order chi connectivity index (χ0) is 9.90. The summed E-state index contributed by atoms with van der Waals surface area (Å²) >= 11 is 7.19. The lowest BCUT2D eigenvalue weighted by Crippen LogP contribution is -2.36. The largest absolute Gasteiger partial charge is 0.295 e. The fraction of sp³-hybridized carbons (Fsp3) is 0.444. The summed E-state index contributed by atoms with van der Waals surface area (Å²) in [4.78, 5) is 4.11. The van der Waals surface area contributed by atoms with E-state index in [1.54, 1.807) is 6.20 Å². The Balaban J connectivity index is 2.49. The smallest absolute Gasteiger partial charge is 0.113 e. The van der Waals surface area contributed by atoms with Gasteiger partial charge in [0, 0.05) is 6.54 Å². The molecule has 0 fully saturated rings. The molecular weight excluding hydrogens is 204 g/mol. The molecule has 0 aliphatic carbocycles. The number of terminal acetylenes is 1. The predicted molar refractivity (Wildman–Crippen MR) is 56.9 cm³/mol. The molecule has 0 spiro atoms. The number of halogens is 1. The summed E-state index contributed by atoms with van der Waals surface area (Å²) in [6.07, 6.45) is 6.97. The van der Waals surface area contributed by atoms with Crippen molar-refractivity contribution < 1.29 is 0 Å². The molecule has 0 bridgehead atoms. The molecule has 1 N–H and O–H groups in total. The Hall–Kier alpha value is -0.560. The van der Waals surface area contributed by atoms with E-state index < -0.39 is 0 Å². The van der Waals surface area contributed by atoms with E-state index in [0.29, 0.717) is 10.9 Å². The highest BCUT2D eigenvalue weighted by Crippen LogP contribution is 2.18. The van der Waals surface area contributed by atoms with Gasteiger partial charge in [0.05, 0.1) is 11.7 Å². The summed E-state index contributed by atoms with van der Waals surface area (Å²) in [5, 5.41) is 4.14. The summed E-state index contributed by atoms with van der Waals surface area (Å²) in [5.41, 5.74) is -0.294. The van der Waals surface area contributed by atoms with E-state index in [1.165, 1.54) is 11.3 Å². The van der Waals surface area contributed by atoms with Gasteiger partial charge in [-0.15, -0.1) is 17.8 Å². The molecule has 0 atom stereocenters. The molecule has 1 heterocycles. The van der Waals surface area contributed by atoms with Crippen LogP contribution in [0.2, 0.25) is 4.34 Å². The van der Waals surface area contributed by atoms with Crippen LogP contribution in [0.5, 0.6) is 0 Å². The van der Waals surface area contributed by atoms with Gasteiger partial charge in [-0.1, -0.05) is 17.5 Å². The van der Waals surface area contributed by atoms with E-state index in [4.69, 9.17) is 18.0 Å². The van der Waals surface area contributed by atoms with Crippen molar-refractivity contribution in [2.75, 3.05) is 0 Å². The van der Waals surface area contributed by atoms with Gasteiger partial charge in [0.25, 0.3) is 0 Å². The molecule has 1 aromatic heterocycles. The van der Waals surface area contributed by atoms with Crippen molar-refractivity contribution in [1.29, 1.82) is 0 Å². The molecule has 0 aliphatic heterocycles. The van der Waals surface area contributed by atoms with Crippen LogP contribution >= 0.6 is 22.9 Å². The molecule has 2 nitrogen and oxygen atoms in total. The number of thiazole rings is 1. The average Bonchev–Trinajstić information content (AvgIpc) is 2.48. The molecule has 4 heteroatoms. The molecule has 0 saturated carbocycles. The van der Waals surface area contributed by atoms with Crippen LogP contribution in [-0.2, 0) is 6.54 Å². The van der Waals surface area contributed by atoms with Gasteiger partial charge < -0.3 is 0 Å². The first-order chi connectivity index (χ1) is 6.03. The van der Waals surface area contributed by atoms with Crippen LogP contribution in [0.3, 0.4) is 0 Å². The first-order valence-electron chi connectivity index (χ1n) is 3.86. The van der Waals surface area contributed by atoms with Crippen molar-refractivity contribution in [3.8, 4) is 12.3 Å². The van der Waals surface area contributed by atoms with Gasteiger partial charge in [-0.3, -0.25) is 5.32 Å². The van der Waals surface area contributed by atoms with Crippen LogP contribution in [0.25, 0.3) is 0 Å². The highest BCUT2D eigenvalue weighted by Gasteiger charge is 2.12. The number of nitrogens with one attached hydrogen (secondary N) is 1. The predicted octanol–water partition coefficient (Wildman–Crippen LogP) is 2.30. The molecule has 70 valence electrons.